The lowest BCUT2D eigenvalue weighted by molar-refractivity contribution is -0.167. The van der Waals surface area contributed by atoms with Gasteiger partial charge in [-0.15, -0.1) is 0 Å². The number of hydrogen-bond donors (Lipinski definition) is 0. The highest BCUT2D eigenvalue weighted by Crippen LogP contribution is 2.17. The first kappa shape index (κ1) is 62.1. The van der Waals surface area contributed by atoms with Gasteiger partial charge < -0.3 is 14.2 Å². The highest BCUT2D eigenvalue weighted by atomic mass is 16.6. The molecule has 6 nitrogen and oxygen atoms in total. The van der Waals surface area contributed by atoms with Crippen molar-refractivity contribution < 1.29 is 28.6 Å². The van der Waals surface area contributed by atoms with Crippen LogP contribution in [0.5, 0.6) is 0 Å². The summed E-state index contributed by atoms with van der Waals surface area (Å²) in [5.41, 5.74) is 0. The quantitative estimate of drug-likeness (QED) is 0.0262. The summed E-state index contributed by atoms with van der Waals surface area (Å²) in [5.74, 6) is -0.847. The summed E-state index contributed by atoms with van der Waals surface area (Å²) in [6, 6.07) is 0. The number of esters is 3. The van der Waals surface area contributed by atoms with Crippen LogP contribution in [0.4, 0.5) is 0 Å². The maximum atomic E-state index is 12.8. The van der Waals surface area contributed by atoms with Crippen LogP contribution >= 0.6 is 0 Å². The summed E-state index contributed by atoms with van der Waals surface area (Å²) in [6.45, 7) is 6.68. The van der Waals surface area contributed by atoms with E-state index in [-0.39, 0.29) is 31.1 Å². The Labute approximate surface area is 399 Å². The summed E-state index contributed by atoms with van der Waals surface area (Å²) >= 11 is 0. The molecule has 0 saturated heterocycles. The molecule has 0 aliphatic rings. The third-order valence-electron chi connectivity index (χ3n) is 13.0. The minimum Gasteiger partial charge on any atom is -0.462 e. The molecule has 0 N–H and O–H groups in total. The van der Waals surface area contributed by atoms with E-state index >= 15 is 0 Å². The van der Waals surface area contributed by atoms with E-state index in [2.05, 4.69) is 32.9 Å². The second-order valence-electron chi connectivity index (χ2n) is 19.6. The fraction of sp³-hybridized carbons (Fsp3) is 0.914. The summed E-state index contributed by atoms with van der Waals surface area (Å²) < 4.78 is 16.9. The molecule has 0 bridgehead atoms. The van der Waals surface area contributed by atoms with E-state index in [0.717, 1.165) is 57.8 Å². The maximum absolute atomic E-state index is 12.8. The second-order valence-corrected chi connectivity index (χ2v) is 19.6. The van der Waals surface area contributed by atoms with Crippen molar-refractivity contribution in [2.75, 3.05) is 13.2 Å². The molecule has 0 aliphatic heterocycles. The van der Waals surface area contributed by atoms with Gasteiger partial charge in [-0.25, -0.2) is 0 Å². The van der Waals surface area contributed by atoms with Gasteiger partial charge in [-0.1, -0.05) is 270 Å². The molecular formula is C58H110O6. The number of ether oxygens (including phenoxy) is 3. The summed E-state index contributed by atoms with van der Waals surface area (Å²) in [4.78, 5) is 38.1. The first-order valence-corrected chi connectivity index (χ1v) is 28.7. The van der Waals surface area contributed by atoms with E-state index in [1.807, 2.05) is 0 Å². The van der Waals surface area contributed by atoms with Gasteiger partial charge in [-0.2, -0.15) is 0 Å². The molecule has 0 heterocycles. The van der Waals surface area contributed by atoms with E-state index in [1.165, 1.54) is 225 Å². The average Bonchev–Trinajstić information content (AvgIpc) is 3.29. The van der Waals surface area contributed by atoms with Gasteiger partial charge in [0.25, 0.3) is 0 Å². The van der Waals surface area contributed by atoms with Crippen LogP contribution in [0, 0.1) is 0 Å². The molecule has 6 heteroatoms. The molecule has 64 heavy (non-hydrogen) atoms. The van der Waals surface area contributed by atoms with Crippen LogP contribution in [0.15, 0.2) is 12.2 Å². The van der Waals surface area contributed by atoms with Crippen LogP contribution in [0.3, 0.4) is 0 Å². The van der Waals surface area contributed by atoms with Crippen LogP contribution in [-0.2, 0) is 28.6 Å². The minimum atomic E-state index is -0.765. The van der Waals surface area contributed by atoms with Gasteiger partial charge in [0.15, 0.2) is 6.10 Å². The van der Waals surface area contributed by atoms with Crippen molar-refractivity contribution in [3.8, 4) is 0 Å². The molecule has 0 amide bonds. The largest absolute Gasteiger partial charge is 0.462 e. The molecule has 0 aromatic carbocycles. The first-order valence-electron chi connectivity index (χ1n) is 28.7. The Kier molecular flexibility index (Phi) is 52.2. The fourth-order valence-electron chi connectivity index (χ4n) is 8.68. The van der Waals surface area contributed by atoms with Gasteiger partial charge in [-0.05, 0) is 44.9 Å². The first-order chi connectivity index (χ1) is 31.5. The third-order valence-corrected chi connectivity index (χ3v) is 13.0. The fourth-order valence-corrected chi connectivity index (χ4v) is 8.68. The predicted octanol–water partition coefficient (Wildman–Crippen LogP) is 18.9. The predicted molar refractivity (Wildman–Crippen MR) is 275 cm³/mol. The normalized spacial score (nSPS) is 12.0. The van der Waals surface area contributed by atoms with Crippen molar-refractivity contribution in [2.45, 2.75) is 329 Å². The average molecular weight is 904 g/mol. The van der Waals surface area contributed by atoms with Crippen molar-refractivity contribution in [1.82, 2.24) is 0 Å². The van der Waals surface area contributed by atoms with Gasteiger partial charge in [-0.3, -0.25) is 14.4 Å². The molecule has 0 aliphatic carbocycles. The van der Waals surface area contributed by atoms with Crippen molar-refractivity contribution in [3.63, 3.8) is 0 Å². The molecular weight excluding hydrogens is 793 g/mol. The topological polar surface area (TPSA) is 78.9 Å². The summed E-state index contributed by atoms with van der Waals surface area (Å²) in [6.07, 6.45) is 60.6. The monoisotopic (exact) mass is 903 g/mol. The van der Waals surface area contributed by atoms with E-state index in [1.54, 1.807) is 0 Å². The zero-order valence-electron chi connectivity index (χ0n) is 43.3. The van der Waals surface area contributed by atoms with E-state index in [4.69, 9.17) is 14.2 Å². The standard InChI is InChI=1S/C58H110O6/c1-4-7-10-13-16-19-22-25-27-28-29-30-32-33-36-39-42-45-48-51-57(60)63-54-55(53-62-56(59)50-47-44-41-38-35-24-21-18-15-12-9-6-3)64-58(61)52-49-46-43-40-37-34-31-26-23-20-17-14-11-8-5-2/h28-29,55H,4-27,30-54H2,1-3H3/b29-28-/t55-/m1/s1. The SMILES string of the molecule is CCCCCCCCCC/C=C\CCCCCCCCCC(=O)OC[C@@H](COC(=O)CCCCCCCCCCCCCC)OC(=O)CCCCCCCCCCCCCCCCC. The molecule has 0 aromatic rings. The Bertz CT molecular complexity index is 993. The molecule has 0 rings (SSSR count). The van der Waals surface area contributed by atoms with Gasteiger partial charge in [0, 0.05) is 19.3 Å². The lowest BCUT2D eigenvalue weighted by atomic mass is 10.0. The number of unbranched alkanes of at least 4 members (excludes halogenated alkanes) is 40. The Hall–Kier alpha value is -1.85. The van der Waals surface area contributed by atoms with Crippen LogP contribution in [0.2, 0.25) is 0 Å². The number of carbonyl (C=O) groups is 3. The van der Waals surface area contributed by atoms with Gasteiger partial charge in [0.05, 0.1) is 0 Å². The molecule has 378 valence electrons. The minimum absolute atomic E-state index is 0.0655. The molecule has 0 radical (unpaired) electrons. The van der Waals surface area contributed by atoms with Gasteiger partial charge in [0.1, 0.15) is 13.2 Å². The molecule has 0 saturated carbocycles. The van der Waals surface area contributed by atoms with Crippen molar-refractivity contribution in [1.29, 1.82) is 0 Å². The van der Waals surface area contributed by atoms with Crippen LogP contribution in [0.1, 0.15) is 323 Å². The van der Waals surface area contributed by atoms with Gasteiger partial charge in [0.2, 0.25) is 0 Å². The molecule has 1 atom stereocenters. The van der Waals surface area contributed by atoms with Gasteiger partial charge >= 0.3 is 17.9 Å². The highest BCUT2D eigenvalue weighted by Gasteiger charge is 2.19. The second kappa shape index (κ2) is 53.8. The summed E-state index contributed by atoms with van der Waals surface area (Å²) in [5, 5.41) is 0. The molecule has 0 spiro atoms. The van der Waals surface area contributed by atoms with Crippen LogP contribution in [-0.4, -0.2) is 37.2 Å². The van der Waals surface area contributed by atoms with Crippen LogP contribution < -0.4 is 0 Å². The number of carbonyl (C=O) groups excluding carboxylic acids is 3. The lowest BCUT2D eigenvalue weighted by Crippen LogP contribution is -2.30. The zero-order chi connectivity index (χ0) is 46.5. The number of rotatable bonds is 53. The molecule has 0 aromatic heterocycles. The van der Waals surface area contributed by atoms with E-state index in [0.29, 0.717) is 19.3 Å². The molecule has 0 unspecified atom stereocenters. The Balaban J connectivity index is 4.29. The smallest absolute Gasteiger partial charge is 0.306 e. The lowest BCUT2D eigenvalue weighted by Gasteiger charge is -2.18. The van der Waals surface area contributed by atoms with Crippen molar-refractivity contribution in [3.05, 3.63) is 12.2 Å². The third kappa shape index (κ3) is 51.1. The van der Waals surface area contributed by atoms with E-state index < -0.39 is 6.10 Å². The maximum Gasteiger partial charge on any atom is 0.306 e. The van der Waals surface area contributed by atoms with Crippen LogP contribution in [0.25, 0.3) is 0 Å². The Morgan fingerprint density at radius 2 is 0.516 bits per heavy atom. The molecule has 0 fully saturated rings. The van der Waals surface area contributed by atoms with Crippen molar-refractivity contribution >= 4 is 17.9 Å². The highest BCUT2D eigenvalue weighted by molar-refractivity contribution is 5.71. The number of hydrogen-bond acceptors (Lipinski definition) is 6. The Morgan fingerprint density at radius 3 is 0.781 bits per heavy atom. The zero-order valence-corrected chi connectivity index (χ0v) is 43.3. The van der Waals surface area contributed by atoms with E-state index in [9.17, 15) is 14.4 Å². The number of allylic oxidation sites excluding steroid dienone is 2. The summed E-state index contributed by atoms with van der Waals surface area (Å²) in [7, 11) is 0. The Morgan fingerprint density at radius 1 is 0.297 bits per heavy atom. The van der Waals surface area contributed by atoms with Crippen molar-refractivity contribution in [2.24, 2.45) is 0 Å².